The number of nitrogens with zero attached hydrogens (tertiary/aromatic N) is 1. The standard InChI is InChI=1S/C13H15F3N2O/c1-9-6-10-4-2-3-5-11(10)18(9)7-12(19)17-8-13(14,15)16/h2-5,9H,6-8H2,1H3,(H,17,19)/t9-/m1/s1. The Morgan fingerprint density at radius 1 is 1.42 bits per heavy atom. The van der Waals surface area contributed by atoms with Gasteiger partial charge in [0.05, 0.1) is 6.54 Å². The minimum absolute atomic E-state index is 0.0474. The summed E-state index contributed by atoms with van der Waals surface area (Å²) in [6.07, 6.45) is -3.56. The van der Waals surface area contributed by atoms with Crippen molar-refractivity contribution in [1.29, 1.82) is 0 Å². The van der Waals surface area contributed by atoms with Crippen molar-refractivity contribution in [2.24, 2.45) is 0 Å². The summed E-state index contributed by atoms with van der Waals surface area (Å²) in [6.45, 7) is 0.626. The molecule has 0 aliphatic carbocycles. The quantitative estimate of drug-likeness (QED) is 0.914. The molecule has 104 valence electrons. The second kappa shape index (κ2) is 5.11. The highest BCUT2D eigenvalue weighted by Gasteiger charge is 2.30. The van der Waals surface area contributed by atoms with Crippen LogP contribution in [-0.4, -0.2) is 31.2 Å². The Hall–Kier alpha value is -1.72. The number of nitrogens with one attached hydrogen (secondary N) is 1. The number of benzene rings is 1. The largest absolute Gasteiger partial charge is 0.405 e. The Bertz CT molecular complexity index is 473. The first-order valence-electron chi connectivity index (χ1n) is 6.05. The number of hydrogen-bond donors (Lipinski definition) is 1. The first-order chi connectivity index (χ1) is 8.87. The number of hydrogen-bond acceptors (Lipinski definition) is 2. The molecule has 1 N–H and O–H groups in total. The smallest absolute Gasteiger partial charge is 0.359 e. The van der Waals surface area contributed by atoms with Gasteiger partial charge in [0, 0.05) is 11.7 Å². The summed E-state index contributed by atoms with van der Waals surface area (Å²) in [5.41, 5.74) is 2.05. The molecule has 0 bridgehead atoms. The zero-order valence-corrected chi connectivity index (χ0v) is 10.5. The Morgan fingerprint density at radius 2 is 2.11 bits per heavy atom. The summed E-state index contributed by atoms with van der Waals surface area (Å²) in [7, 11) is 0. The number of halogens is 3. The van der Waals surface area contributed by atoms with E-state index in [1.807, 2.05) is 41.4 Å². The van der Waals surface area contributed by atoms with E-state index in [4.69, 9.17) is 0 Å². The van der Waals surface area contributed by atoms with Crippen LogP contribution < -0.4 is 10.2 Å². The third kappa shape index (κ3) is 3.39. The van der Waals surface area contributed by atoms with E-state index in [-0.39, 0.29) is 12.6 Å². The summed E-state index contributed by atoms with van der Waals surface area (Å²) in [4.78, 5) is 13.4. The Balaban J connectivity index is 1.98. The van der Waals surface area contributed by atoms with Crippen molar-refractivity contribution in [3.05, 3.63) is 29.8 Å². The van der Waals surface area contributed by atoms with E-state index < -0.39 is 18.6 Å². The lowest BCUT2D eigenvalue weighted by atomic mass is 10.1. The molecule has 1 amide bonds. The van der Waals surface area contributed by atoms with Gasteiger partial charge in [0.15, 0.2) is 0 Å². The molecule has 1 atom stereocenters. The minimum atomic E-state index is -4.37. The molecule has 0 unspecified atom stereocenters. The molecule has 1 aromatic carbocycles. The molecule has 1 aromatic rings. The molecule has 1 aliphatic heterocycles. The molecule has 0 radical (unpaired) electrons. The molecule has 1 aliphatic rings. The van der Waals surface area contributed by atoms with Crippen LogP contribution in [0.25, 0.3) is 0 Å². The highest BCUT2D eigenvalue weighted by Crippen LogP contribution is 2.31. The van der Waals surface area contributed by atoms with Crippen LogP contribution in [0, 0.1) is 0 Å². The number of fused-ring (bicyclic) bond motifs is 1. The summed E-state index contributed by atoms with van der Waals surface area (Å²) >= 11 is 0. The topological polar surface area (TPSA) is 32.3 Å². The first-order valence-corrected chi connectivity index (χ1v) is 6.05. The van der Waals surface area contributed by atoms with Crippen LogP contribution in [0.1, 0.15) is 12.5 Å². The van der Waals surface area contributed by atoms with Gasteiger partial charge in [0.25, 0.3) is 0 Å². The van der Waals surface area contributed by atoms with E-state index in [1.54, 1.807) is 0 Å². The van der Waals surface area contributed by atoms with Crippen LogP contribution >= 0.6 is 0 Å². The van der Waals surface area contributed by atoms with Crippen LogP contribution in [0.5, 0.6) is 0 Å². The minimum Gasteiger partial charge on any atom is -0.359 e. The maximum Gasteiger partial charge on any atom is 0.405 e. The van der Waals surface area contributed by atoms with E-state index in [1.165, 1.54) is 0 Å². The second-order valence-corrected chi connectivity index (χ2v) is 4.70. The Labute approximate surface area is 109 Å². The lowest BCUT2D eigenvalue weighted by molar-refractivity contribution is -0.137. The number of alkyl halides is 3. The molecule has 6 heteroatoms. The number of rotatable bonds is 3. The van der Waals surface area contributed by atoms with Gasteiger partial charge in [-0.05, 0) is 25.0 Å². The average Bonchev–Trinajstić information content (AvgIpc) is 2.63. The van der Waals surface area contributed by atoms with Gasteiger partial charge in [-0.15, -0.1) is 0 Å². The van der Waals surface area contributed by atoms with Gasteiger partial charge in [-0.3, -0.25) is 4.79 Å². The fourth-order valence-electron chi connectivity index (χ4n) is 2.28. The molecule has 0 fully saturated rings. The van der Waals surface area contributed by atoms with Gasteiger partial charge < -0.3 is 10.2 Å². The monoisotopic (exact) mass is 272 g/mol. The molecule has 0 spiro atoms. The number of para-hydroxylation sites is 1. The van der Waals surface area contributed by atoms with Crippen molar-refractivity contribution in [2.45, 2.75) is 25.6 Å². The molecular weight excluding hydrogens is 257 g/mol. The fraction of sp³-hybridized carbons (Fsp3) is 0.462. The van der Waals surface area contributed by atoms with Crippen LogP contribution in [0.3, 0.4) is 0 Å². The molecule has 1 heterocycles. The maximum absolute atomic E-state index is 12.0. The van der Waals surface area contributed by atoms with Gasteiger partial charge >= 0.3 is 6.18 Å². The summed E-state index contributed by atoms with van der Waals surface area (Å²) in [5.74, 6) is -0.610. The van der Waals surface area contributed by atoms with E-state index in [0.29, 0.717) is 0 Å². The molecule has 0 saturated carbocycles. The second-order valence-electron chi connectivity index (χ2n) is 4.70. The van der Waals surface area contributed by atoms with Crippen LogP contribution in [0.15, 0.2) is 24.3 Å². The van der Waals surface area contributed by atoms with Crippen molar-refractivity contribution in [3.63, 3.8) is 0 Å². The van der Waals surface area contributed by atoms with E-state index >= 15 is 0 Å². The average molecular weight is 272 g/mol. The summed E-state index contributed by atoms with van der Waals surface area (Å²) in [6, 6.07) is 7.75. The number of amides is 1. The molecule has 2 rings (SSSR count). The molecule has 0 saturated heterocycles. The molecular formula is C13H15F3N2O. The van der Waals surface area contributed by atoms with Gasteiger partial charge in [-0.25, -0.2) is 0 Å². The van der Waals surface area contributed by atoms with Crippen molar-refractivity contribution in [3.8, 4) is 0 Å². The number of anilines is 1. The highest BCUT2D eigenvalue weighted by atomic mass is 19.4. The third-order valence-electron chi connectivity index (χ3n) is 3.15. The van der Waals surface area contributed by atoms with Gasteiger partial charge in [-0.1, -0.05) is 18.2 Å². The normalized spacial score (nSPS) is 18.3. The van der Waals surface area contributed by atoms with Crippen molar-refractivity contribution < 1.29 is 18.0 Å². The van der Waals surface area contributed by atoms with Crippen molar-refractivity contribution >= 4 is 11.6 Å². The summed E-state index contributed by atoms with van der Waals surface area (Å²) < 4.78 is 36.1. The van der Waals surface area contributed by atoms with Gasteiger partial charge in [0.2, 0.25) is 5.91 Å². The van der Waals surface area contributed by atoms with Crippen molar-refractivity contribution in [1.82, 2.24) is 5.32 Å². The zero-order chi connectivity index (χ0) is 14.0. The highest BCUT2D eigenvalue weighted by molar-refractivity contribution is 5.82. The van der Waals surface area contributed by atoms with E-state index in [2.05, 4.69) is 0 Å². The zero-order valence-electron chi connectivity index (χ0n) is 10.5. The molecule has 0 aromatic heterocycles. The van der Waals surface area contributed by atoms with Gasteiger partial charge in [-0.2, -0.15) is 13.2 Å². The number of carbonyl (C=O) groups is 1. The molecule has 3 nitrogen and oxygen atoms in total. The van der Waals surface area contributed by atoms with Crippen LogP contribution in [-0.2, 0) is 11.2 Å². The first kappa shape index (κ1) is 13.7. The third-order valence-corrected chi connectivity index (χ3v) is 3.15. The predicted molar refractivity (Wildman–Crippen MR) is 66.0 cm³/mol. The van der Waals surface area contributed by atoms with E-state index in [9.17, 15) is 18.0 Å². The van der Waals surface area contributed by atoms with Crippen LogP contribution in [0.2, 0.25) is 0 Å². The SMILES string of the molecule is C[C@@H]1Cc2ccccc2N1CC(=O)NCC(F)(F)F. The lowest BCUT2D eigenvalue weighted by Crippen LogP contribution is -2.43. The Kier molecular flexibility index (Phi) is 3.68. The Morgan fingerprint density at radius 3 is 2.79 bits per heavy atom. The van der Waals surface area contributed by atoms with E-state index in [0.717, 1.165) is 17.7 Å². The maximum atomic E-state index is 12.0. The molecule has 19 heavy (non-hydrogen) atoms. The number of carbonyl (C=O) groups excluding carboxylic acids is 1. The van der Waals surface area contributed by atoms with Crippen molar-refractivity contribution in [2.75, 3.05) is 18.0 Å². The fourth-order valence-corrected chi connectivity index (χ4v) is 2.28. The van der Waals surface area contributed by atoms with Crippen LogP contribution in [0.4, 0.5) is 18.9 Å². The summed E-state index contributed by atoms with van der Waals surface area (Å²) in [5, 5.41) is 1.90. The predicted octanol–water partition coefficient (Wildman–Crippen LogP) is 2.12. The lowest BCUT2D eigenvalue weighted by Gasteiger charge is -2.24. The van der Waals surface area contributed by atoms with Gasteiger partial charge in [0.1, 0.15) is 6.54 Å².